The molecule has 16 heavy (non-hydrogen) atoms. The number of nitriles is 1. The fourth-order valence-electron chi connectivity index (χ4n) is 1.19. The lowest BCUT2D eigenvalue weighted by Gasteiger charge is -2.32. The molecule has 3 heteroatoms. The molecule has 3 nitrogen and oxygen atoms in total. The molecule has 0 saturated carbocycles. The van der Waals surface area contributed by atoms with Crippen molar-refractivity contribution in [3.8, 4) is 6.07 Å². The molecule has 0 saturated heterocycles. The first-order valence-corrected chi connectivity index (χ1v) is 5.14. The van der Waals surface area contributed by atoms with Gasteiger partial charge in [0.1, 0.15) is 0 Å². The molecule has 1 rings (SSSR count). The predicted octanol–water partition coefficient (Wildman–Crippen LogP) is 2.43. The number of nitrogens with zero attached hydrogens (tertiary/aromatic N) is 2. The fourth-order valence-corrected chi connectivity index (χ4v) is 1.19. The van der Waals surface area contributed by atoms with Crippen LogP contribution in [0, 0.1) is 11.3 Å². The third kappa shape index (κ3) is 2.60. The number of carbonyl (C=O) groups excluding carboxylic acids is 1. The van der Waals surface area contributed by atoms with Crippen molar-refractivity contribution in [3.05, 3.63) is 35.4 Å². The van der Waals surface area contributed by atoms with E-state index < -0.39 is 0 Å². The van der Waals surface area contributed by atoms with E-state index in [1.54, 1.807) is 36.2 Å². The molecule has 0 unspecified atom stereocenters. The second-order valence-electron chi connectivity index (χ2n) is 4.72. The van der Waals surface area contributed by atoms with Crippen molar-refractivity contribution in [1.29, 1.82) is 5.26 Å². The van der Waals surface area contributed by atoms with E-state index in [4.69, 9.17) is 5.26 Å². The Morgan fingerprint density at radius 1 is 1.25 bits per heavy atom. The van der Waals surface area contributed by atoms with E-state index in [2.05, 4.69) is 0 Å². The van der Waals surface area contributed by atoms with Gasteiger partial charge in [-0.2, -0.15) is 5.26 Å². The van der Waals surface area contributed by atoms with Crippen LogP contribution in [0.5, 0.6) is 0 Å². The minimum Gasteiger partial charge on any atom is -0.337 e. The summed E-state index contributed by atoms with van der Waals surface area (Å²) in [6.07, 6.45) is 0. The molecule has 84 valence electrons. The number of amides is 1. The molecule has 0 bridgehead atoms. The summed E-state index contributed by atoms with van der Waals surface area (Å²) in [4.78, 5) is 13.7. The standard InChI is InChI=1S/C13H16N2O/c1-13(2,3)15(4)12(16)11-7-5-10(9-14)6-8-11/h5-8H,1-4H3. The smallest absolute Gasteiger partial charge is 0.254 e. The quantitative estimate of drug-likeness (QED) is 0.723. The van der Waals surface area contributed by atoms with Crippen LogP contribution in [0.2, 0.25) is 0 Å². The second kappa shape index (κ2) is 4.36. The van der Waals surface area contributed by atoms with E-state index in [0.717, 1.165) is 0 Å². The van der Waals surface area contributed by atoms with Gasteiger partial charge in [0.15, 0.2) is 0 Å². The average molecular weight is 216 g/mol. The van der Waals surface area contributed by atoms with E-state index in [1.807, 2.05) is 26.8 Å². The van der Waals surface area contributed by atoms with E-state index in [9.17, 15) is 4.79 Å². The molecular formula is C13H16N2O. The van der Waals surface area contributed by atoms with Crippen LogP contribution < -0.4 is 0 Å². The van der Waals surface area contributed by atoms with Crippen molar-refractivity contribution in [2.24, 2.45) is 0 Å². The van der Waals surface area contributed by atoms with Crippen LogP contribution in [0.25, 0.3) is 0 Å². The zero-order valence-electron chi connectivity index (χ0n) is 10.1. The molecule has 0 aromatic heterocycles. The monoisotopic (exact) mass is 216 g/mol. The summed E-state index contributed by atoms with van der Waals surface area (Å²) in [5.74, 6) is -0.0306. The normalized spacial score (nSPS) is 10.7. The lowest BCUT2D eigenvalue weighted by atomic mass is 10.0. The molecule has 0 aliphatic rings. The lowest BCUT2D eigenvalue weighted by molar-refractivity contribution is 0.0656. The topological polar surface area (TPSA) is 44.1 Å². The van der Waals surface area contributed by atoms with Crippen LogP contribution in [0.3, 0.4) is 0 Å². The van der Waals surface area contributed by atoms with Gasteiger partial charge in [0.25, 0.3) is 5.91 Å². The largest absolute Gasteiger partial charge is 0.337 e. The van der Waals surface area contributed by atoms with Crippen LogP contribution in [0.1, 0.15) is 36.7 Å². The highest BCUT2D eigenvalue weighted by atomic mass is 16.2. The Kier molecular flexibility index (Phi) is 3.34. The molecule has 1 aromatic rings. The first-order chi connectivity index (χ1) is 7.36. The van der Waals surface area contributed by atoms with Gasteiger partial charge in [0.2, 0.25) is 0 Å². The Labute approximate surface area is 96.3 Å². The summed E-state index contributed by atoms with van der Waals surface area (Å²) in [5, 5.41) is 8.66. The van der Waals surface area contributed by atoms with E-state index in [-0.39, 0.29) is 11.4 Å². The number of rotatable bonds is 1. The van der Waals surface area contributed by atoms with Crippen molar-refractivity contribution in [3.63, 3.8) is 0 Å². The van der Waals surface area contributed by atoms with Crippen molar-refractivity contribution < 1.29 is 4.79 Å². The van der Waals surface area contributed by atoms with Crippen molar-refractivity contribution in [2.75, 3.05) is 7.05 Å². The molecule has 0 fully saturated rings. The SMILES string of the molecule is CN(C(=O)c1ccc(C#N)cc1)C(C)(C)C. The van der Waals surface area contributed by atoms with Crippen LogP contribution in [0.15, 0.2) is 24.3 Å². The van der Waals surface area contributed by atoms with Gasteiger partial charge in [-0.15, -0.1) is 0 Å². The van der Waals surface area contributed by atoms with Gasteiger partial charge in [-0.1, -0.05) is 0 Å². The zero-order chi connectivity index (χ0) is 12.3. The maximum absolute atomic E-state index is 12.0. The Morgan fingerprint density at radius 2 is 1.75 bits per heavy atom. The minimum absolute atomic E-state index is 0.0306. The lowest BCUT2D eigenvalue weighted by Crippen LogP contribution is -2.42. The Bertz CT molecular complexity index is 421. The summed E-state index contributed by atoms with van der Waals surface area (Å²) in [6, 6.07) is 8.71. The summed E-state index contributed by atoms with van der Waals surface area (Å²) >= 11 is 0. The Hall–Kier alpha value is -1.82. The molecular weight excluding hydrogens is 200 g/mol. The summed E-state index contributed by atoms with van der Waals surface area (Å²) < 4.78 is 0. The summed E-state index contributed by atoms with van der Waals surface area (Å²) in [6.45, 7) is 5.94. The van der Waals surface area contributed by atoms with Gasteiger partial charge >= 0.3 is 0 Å². The fraction of sp³-hybridized carbons (Fsp3) is 0.385. The Balaban J connectivity index is 2.94. The second-order valence-corrected chi connectivity index (χ2v) is 4.72. The zero-order valence-corrected chi connectivity index (χ0v) is 10.1. The molecule has 1 aromatic carbocycles. The van der Waals surface area contributed by atoms with Crippen LogP contribution in [0.4, 0.5) is 0 Å². The van der Waals surface area contributed by atoms with Crippen molar-refractivity contribution in [1.82, 2.24) is 4.90 Å². The predicted molar refractivity (Wildman–Crippen MR) is 63.0 cm³/mol. The number of carbonyl (C=O) groups is 1. The van der Waals surface area contributed by atoms with Crippen LogP contribution in [-0.2, 0) is 0 Å². The highest BCUT2D eigenvalue weighted by molar-refractivity contribution is 5.94. The van der Waals surface area contributed by atoms with E-state index >= 15 is 0 Å². The Morgan fingerprint density at radius 3 is 2.12 bits per heavy atom. The molecule has 0 atom stereocenters. The van der Waals surface area contributed by atoms with Gasteiger partial charge in [0.05, 0.1) is 11.6 Å². The molecule has 0 aliphatic carbocycles. The van der Waals surface area contributed by atoms with Crippen molar-refractivity contribution in [2.45, 2.75) is 26.3 Å². The van der Waals surface area contributed by atoms with Gasteiger partial charge < -0.3 is 4.90 Å². The van der Waals surface area contributed by atoms with Crippen LogP contribution in [-0.4, -0.2) is 23.4 Å². The van der Waals surface area contributed by atoms with Gasteiger partial charge in [-0.05, 0) is 45.0 Å². The van der Waals surface area contributed by atoms with E-state index in [1.165, 1.54) is 0 Å². The maximum Gasteiger partial charge on any atom is 0.254 e. The van der Waals surface area contributed by atoms with Gasteiger partial charge in [-0.25, -0.2) is 0 Å². The van der Waals surface area contributed by atoms with Crippen LogP contribution >= 0.6 is 0 Å². The first-order valence-electron chi connectivity index (χ1n) is 5.14. The average Bonchev–Trinajstić information content (AvgIpc) is 2.26. The van der Waals surface area contributed by atoms with Gasteiger partial charge in [-0.3, -0.25) is 4.79 Å². The highest BCUT2D eigenvalue weighted by Crippen LogP contribution is 2.15. The number of benzene rings is 1. The highest BCUT2D eigenvalue weighted by Gasteiger charge is 2.23. The van der Waals surface area contributed by atoms with E-state index in [0.29, 0.717) is 11.1 Å². The summed E-state index contributed by atoms with van der Waals surface area (Å²) in [5.41, 5.74) is 0.969. The van der Waals surface area contributed by atoms with Gasteiger partial charge in [0, 0.05) is 18.2 Å². The maximum atomic E-state index is 12.0. The number of hydrogen-bond acceptors (Lipinski definition) is 2. The number of hydrogen-bond donors (Lipinski definition) is 0. The molecule has 0 aliphatic heterocycles. The first kappa shape index (κ1) is 12.3. The molecule has 0 radical (unpaired) electrons. The minimum atomic E-state index is -0.203. The summed E-state index contributed by atoms with van der Waals surface area (Å²) in [7, 11) is 1.78. The molecule has 1 amide bonds. The van der Waals surface area contributed by atoms with Crippen molar-refractivity contribution >= 4 is 5.91 Å². The molecule has 0 N–H and O–H groups in total. The third-order valence-corrected chi connectivity index (χ3v) is 2.57. The third-order valence-electron chi connectivity index (χ3n) is 2.57. The molecule has 0 heterocycles. The molecule has 0 spiro atoms.